The number of anilines is 2. The number of piperazine rings is 1. The second-order valence-corrected chi connectivity index (χ2v) is 7.38. The Morgan fingerprint density at radius 3 is 2.43 bits per heavy atom. The third-order valence-electron chi connectivity index (χ3n) is 5.59. The molecule has 5 rings (SSSR count). The molecule has 8 heteroatoms. The molecule has 0 radical (unpaired) electrons. The van der Waals surface area contributed by atoms with Crippen LogP contribution in [0.5, 0.6) is 0 Å². The van der Waals surface area contributed by atoms with Crippen molar-refractivity contribution < 1.29 is 4.74 Å². The minimum atomic E-state index is 0.730. The van der Waals surface area contributed by atoms with Crippen molar-refractivity contribution in [3.05, 3.63) is 36.9 Å². The Kier molecular flexibility index (Phi) is 4.58. The van der Waals surface area contributed by atoms with Gasteiger partial charge in [0.25, 0.3) is 0 Å². The Morgan fingerprint density at radius 2 is 1.68 bits per heavy atom. The van der Waals surface area contributed by atoms with E-state index in [0.29, 0.717) is 0 Å². The summed E-state index contributed by atoms with van der Waals surface area (Å²) < 4.78 is 7.56. The van der Waals surface area contributed by atoms with E-state index >= 15 is 0 Å². The van der Waals surface area contributed by atoms with Crippen molar-refractivity contribution >= 4 is 17.3 Å². The summed E-state index contributed by atoms with van der Waals surface area (Å²) >= 11 is 0. The van der Waals surface area contributed by atoms with E-state index < -0.39 is 0 Å². The molecular weight excluding hydrogens is 354 g/mol. The molecule has 0 aliphatic carbocycles. The number of ether oxygens (including phenoxy) is 1. The van der Waals surface area contributed by atoms with Crippen LogP contribution >= 0.6 is 0 Å². The van der Waals surface area contributed by atoms with Gasteiger partial charge in [0.05, 0.1) is 25.1 Å². The molecule has 0 saturated carbocycles. The predicted molar refractivity (Wildman–Crippen MR) is 109 cm³/mol. The summed E-state index contributed by atoms with van der Waals surface area (Å²) in [6, 6.07) is 4.24. The van der Waals surface area contributed by atoms with Gasteiger partial charge >= 0.3 is 0 Å². The highest BCUT2D eigenvalue weighted by atomic mass is 16.5. The van der Waals surface area contributed by atoms with Gasteiger partial charge in [-0.25, -0.2) is 15.0 Å². The molecule has 3 aromatic rings. The van der Waals surface area contributed by atoms with Crippen molar-refractivity contribution in [1.82, 2.24) is 24.3 Å². The zero-order chi connectivity index (χ0) is 18.9. The summed E-state index contributed by atoms with van der Waals surface area (Å²) in [6.45, 7) is 7.33. The van der Waals surface area contributed by atoms with Crippen LogP contribution < -0.4 is 9.80 Å². The normalized spacial score (nSPS) is 18.8. The van der Waals surface area contributed by atoms with Crippen LogP contribution in [0, 0.1) is 0 Å². The van der Waals surface area contributed by atoms with E-state index in [2.05, 4.69) is 43.3 Å². The van der Waals surface area contributed by atoms with Crippen LogP contribution in [0.4, 0.5) is 11.6 Å². The number of aromatic nitrogens is 4. The zero-order valence-corrected chi connectivity index (χ0v) is 16.2. The Hall–Kier alpha value is -2.71. The van der Waals surface area contributed by atoms with Crippen LogP contribution in [0.3, 0.4) is 0 Å². The lowest BCUT2D eigenvalue weighted by molar-refractivity contribution is 0.122. The minimum absolute atomic E-state index is 0.730. The Bertz CT molecular complexity index is 941. The second-order valence-electron chi connectivity index (χ2n) is 7.38. The van der Waals surface area contributed by atoms with Crippen molar-refractivity contribution in [1.29, 1.82) is 0 Å². The number of likely N-dealkylation sites (N-methyl/N-ethyl adjacent to an activating group) is 1. The van der Waals surface area contributed by atoms with Gasteiger partial charge in [-0.05, 0) is 19.2 Å². The fourth-order valence-electron chi connectivity index (χ4n) is 3.88. The first-order valence-corrected chi connectivity index (χ1v) is 9.84. The molecule has 0 N–H and O–H groups in total. The Labute approximate surface area is 164 Å². The van der Waals surface area contributed by atoms with E-state index in [1.807, 2.05) is 24.8 Å². The molecular formula is C20H25N7O. The molecule has 0 atom stereocenters. The largest absolute Gasteiger partial charge is 0.378 e. The number of pyridine rings is 1. The molecule has 0 unspecified atom stereocenters. The molecule has 5 heterocycles. The zero-order valence-electron chi connectivity index (χ0n) is 16.2. The molecule has 2 fully saturated rings. The first-order valence-electron chi connectivity index (χ1n) is 9.84. The van der Waals surface area contributed by atoms with E-state index in [1.54, 1.807) is 0 Å². The van der Waals surface area contributed by atoms with Crippen LogP contribution in [0.1, 0.15) is 0 Å². The SMILES string of the molecule is CN1CCN(c2ccc(-c3cnc(N4CCOCC4)c4nccn34)cn2)CC1. The molecule has 28 heavy (non-hydrogen) atoms. The average Bonchev–Trinajstić information content (AvgIpc) is 3.24. The van der Waals surface area contributed by atoms with Crippen molar-refractivity contribution in [3.8, 4) is 11.3 Å². The van der Waals surface area contributed by atoms with E-state index in [9.17, 15) is 0 Å². The van der Waals surface area contributed by atoms with Gasteiger partial charge in [0.15, 0.2) is 11.5 Å². The van der Waals surface area contributed by atoms with E-state index in [0.717, 1.165) is 81.0 Å². The number of imidazole rings is 1. The quantitative estimate of drug-likeness (QED) is 0.681. The standard InChI is InChI=1S/C20H25N7O/c1-24-6-8-25(9-7-24)18-3-2-16(14-22-18)17-15-23-19(20-21-4-5-27(17)20)26-10-12-28-13-11-26/h2-5,14-15H,6-13H2,1H3. The van der Waals surface area contributed by atoms with Gasteiger partial charge in [0.2, 0.25) is 0 Å². The summed E-state index contributed by atoms with van der Waals surface area (Å²) in [7, 11) is 2.16. The maximum absolute atomic E-state index is 5.46. The smallest absolute Gasteiger partial charge is 0.180 e. The van der Waals surface area contributed by atoms with Crippen molar-refractivity contribution in [2.75, 3.05) is 69.3 Å². The van der Waals surface area contributed by atoms with Crippen LogP contribution in [-0.4, -0.2) is 83.8 Å². The summed E-state index contributed by atoms with van der Waals surface area (Å²) in [4.78, 5) is 21.0. The molecule has 0 spiro atoms. The molecule has 2 saturated heterocycles. The molecule has 0 aromatic carbocycles. The Morgan fingerprint density at radius 1 is 0.857 bits per heavy atom. The number of fused-ring (bicyclic) bond motifs is 1. The molecule has 0 bridgehead atoms. The predicted octanol–water partition coefficient (Wildman–Crippen LogP) is 1.38. The maximum Gasteiger partial charge on any atom is 0.180 e. The number of hydrogen-bond acceptors (Lipinski definition) is 7. The third kappa shape index (κ3) is 3.18. The van der Waals surface area contributed by atoms with Crippen LogP contribution in [0.25, 0.3) is 16.9 Å². The average molecular weight is 379 g/mol. The fourth-order valence-corrected chi connectivity index (χ4v) is 3.88. The maximum atomic E-state index is 5.46. The van der Waals surface area contributed by atoms with Crippen LogP contribution in [0.2, 0.25) is 0 Å². The highest BCUT2D eigenvalue weighted by Gasteiger charge is 2.19. The molecule has 0 amide bonds. The van der Waals surface area contributed by atoms with Gasteiger partial charge in [0.1, 0.15) is 5.82 Å². The first-order chi connectivity index (χ1) is 13.8. The number of morpholine rings is 1. The summed E-state index contributed by atoms with van der Waals surface area (Å²) in [5.41, 5.74) is 2.92. The van der Waals surface area contributed by atoms with Gasteiger partial charge in [-0.2, -0.15) is 0 Å². The molecule has 3 aromatic heterocycles. The van der Waals surface area contributed by atoms with E-state index in [-0.39, 0.29) is 0 Å². The molecule has 2 aliphatic rings. The lowest BCUT2D eigenvalue weighted by atomic mass is 10.2. The fraction of sp³-hybridized carbons (Fsp3) is 0.450. The topological polar surface area (TPSA) is 62.0 Å². The lowest BCUT2D eigenvalue weighted by Crippen LogP contribution is -2.44. The number of nitrogens with zero attached hydrogens (tertiary/aromatic N) is 7. The van der Waals surface area contributed by atoms with Gasteiger partial charge < -0.3 is 19.4 Å². The molecule has 8 nitrogen and oxygen atoms in total. The van der Waals surface area contributed by atoms with Crippen molar-refractivity contribution in [3.63, 3.8) is 0 Å². The lowest BCUT2D eigenvalue weighted by Gasteiger charge is -2.33. The first kappa shape index (κ1) is 17.4. The van der Waals surface area contributed by atoms with E-state index in [1.165, 1.54) is 0 Å². The van der Waals surface area contributed by atoms with Crippen molar-refractivity contribution in [2.24, 2.45) is 0 Å². The van der Waals surface area contributed by atoms with Crippen LogP contribution in [-0.2, 0) is 4.74 Å². The number of hydrogen-bond donors (Lipinski definition) is 0. The monoisotopic (exact) mass is 379 g/mol. The minimum Gasteiger partial charge on any atom is -0.378 e. The van der Waals surface area contributed by atoms with Gasteiger partial charge in [-0.3, -0.25) is 4.40 Å². The second kappa shape index (κ2) is 7.37. The molecule has 146 valence electrons. The van der Waals surface area contributed by atoms with Gasteiger partial charge in [-0.1, -0.05) is 0 Å². The highest BCUT2D eigenvalue weighted by molar-refractivity contribution is 5.71. The van der Waals surface area contributed by atoms with E-state index in [4.69, 9.17) is 14.7 Å². The Balaban J connectivity index is 1.44. The summed E-state index contributed by atoms with van der Waals surface area (Å²) in [5.74, 6) is 1.95. The molecule has 2 aliphatic heterocycles. The van der Waals surface area contributed by atoms with Crippen LogP contribution in [0.15, 0.2) is 36.9 Å². The van der Waals surface area contributed by atoms with Gasteiger partial charge in [-0.15, -0.1) is 0 Å². The summed E-state index contributed by atoms with van der Waals surface area (Å²) in [5, 5.41) is 0. The van der Waals surface area contributed by atoms with Crippen molar-refractivity contribution in [2.45, 2.75) is 0 Å². The number of rotatable bonds is 3. The van der Waals surface area contributed by atoms with Gasteiger partial charge in [0, 0.05) is 63.4 Å². The highest BCUT2D eigenvalue weighted by Crippen LogP contribution is 2.26. The third-order valence-corrected chi connectivity index (χ3v) is 5.59. The summed E-state index contributed by atoms with van der Waals surface area (Å²) in [6.07, 6.45) is 7.69.